The number of fused-ring (bicyclic) bond motifs is 6. The first kappa shape index (κ1) is 18.4. The number of benzene rings is 2. The Hall–Kier alpha value is -2.33. The predicted octanol–water partition coefficient (Wildman–Crippen LogP) is 4.51. The average molecular weight is 402 g/mol. The largest absolute Gasteiger partial charge is 0.378 e. The Kier molecular flexibility index (Phi) is 4.38. The molecule has 0 spiro atoms. The highest BCUT2D eigenvalue weighted by Gasteiger charge is 2.51. The number of nitrogens with one attached hydrogen (secondary N) is 1. The van der Waals surface area contributed by atoms with E-state index in [9.17, 15) is 4.79 Å². The molecule has 3 N–H and O–H groups in total. The Bertz CT molecular complexity index is 934. The van der Waals surface area contributed by atoms with Gasteiger partial charge < -0.3 is 16.0 Å². The number of amides is 1. The van der Waals surface area contributed by atoms with Crippen molar-refractivity contribution in [3.05, 3.63) is 65.7 Å². The van der Waals surface area contributed by atoms with Gasteiger partial charge in [-0.2, -0.15) is 0 Å². The molecule has 4 nitrogen and oxygen atoms in total. The molecule has 4 heteroatoms. The summed E-state index contributed by atoms with van der Waals surface area (Å²) in [6.07, 6.45) is 5.82. The molecule has 4 fully saturated rings. The summed E-state index contributed by atoms with van der Waals surface area (Å²) in [5, 5.41) is 3.80. The van der Waals surface area contributed by atoms with E-state index in [1.54, 1.807) is 0 Å². The first-order valence-electron chi connectivity index (χ1n) is 11.7. The maximum atomic E-state index is 13.9. The number of carbonyl (C=O) groups is 1. The highest BCUT2D eigenvalue weighted by Crippen LogP contribution is 2.53. The number of rotatable bonds is 2. The number of carbonyl (C=O) groups excluding carboxylic acids is 1. The van der Waals surface area contributed by atoms with Crippen molar-refractivity contribution in [3.8, 4) is 0 Å². The first-order valence-corrected chi connectivity index (χ1v) is 11.7. The summed E-state index contributed by atoms with van der Waals surface area (Å²) >= 11 is 0. The van der Waals surface area contributed by atoms with Crippen molar-refractivity contribution in [1.82, 2.24) is 4.90 Å². The van der Waals surface area contributed by atoms with E-state index in [2.05, 4.69) is 64.8 Å². The molecule has 5 atom stereocenters. The number of para-hydroxylation sites is 1. The van der Waals surface area contributed by atoms with Gasteiger partial charge in [-0.25, -0.2) is 0 Å². The zero-order valence-corrected chi connectivity index (χ0v) is 17.4. The van der Waals surface area contributed by atoms with Crippen LogP contribution in [0.25, 0.3) is 0 Å². The molecular formula is C26H31N3O. The minimum atomic E-state index is 0.0217. The normalized spacial score (nSPS) is 36.7. The van der Waals surface area contributed by atoms with Gasteiger partial charge in [0.1, 0.15) is 0 Å². The Labute approximate surface area is 178 Å². The fraction of sp³-hybridized carbons (Fsp3) is 0.500. The Morgan fingerprint density at radius 1 is 0.900 bits per heavy atom. The van der Waals surface area contributed by atoms with Gasteiger partial charge in [-0.1, -0.05) is 48.5 Å². The summed E-state index contributed by atoms with van der Waals surface area (Å²) in [5.41, 5.74) is 10.4. The van der Waals surface area contributed by atoms with Crippen molar-refractivity contribution in [1.29, 1.82) is 0 Å². The van der Waals surface area contributed by atoms with Gasteiger partial charge in [-0.05, 0) is 61.1 Å². The molecule has 0 unspecified atom stereocenters. The lowest BCUT2D eigenvalue weighted by Crippen LogP contribution is -2.56. The molecule has 30 heavy (non-hydrogen) atoms. The van der Waals surface area contributed by atoms with Gasteiger partial charge in [0.05, 0.1) is 18.0 Å². The van der Waals surface area contributed by atoms with Gasteiger partial charge >= 0.3 is 0 Å². The smallest absolute Gasteiger partial charge is 0.228 e. The molecule has 3 saturated carbocycles. The third kappa shape index (κ3) is 2.73. The third-order valence-corrected chi connectivity index (χ3v) is 8.47. The van der Waals surface area contributed by atoms with Crippen LogP contribution in [0.4, 0.5) is 5.69 Å². The number of hydrogen-bond acceptors (Lipinski definition) is 3. The van der Waals surface area contributed by atoms with Crippen molar-refractivity contribution in [2.75, 3.05) is 11.9 Å². The topological polar surface area (TPSA) is 58.4 Å². The second-order valence-corrected chi connectivity index (χ2v) is 9.83. The number of likely N-dealkylation sites (tertiary alicyclic amines) is 1. The summed E-state index contributed by atoms with van der Waals surface area (Å²) in [6.45, 7) is 0.841. The second-order valence-electron chi connectivity index (χ2n) is 9.83. The summed E-state index contributed by atoms with van der Waals surface area (Å²) in [7, 11) is 0. The summed E-state index contributed by atoms with van der Waals surface area (Å²) in [6, 6.07) is 19.7. The fourth-order valence-electron chi connectivity index (χ4n) is 7.02. The SMILES string of the molecule is N[C@@H]1C2CCC(CC2)[C@@H]1C(=O)N1CC[C@@H]2[C@H](c3ccccc3)Nc3ccccc3[C@@H]21. The van der Waals surface area contributed by atoms with E-state index in [1.807, 2.05) is 0 Å². The minimum absolute atomic E-state index is 0.0217. The molecule has 3 aliphatic carbocycles. The maximum Gasteiger partial charge on any atom is 0.228 e. The van der Waals surface area contributed by atoms with E-state index in [4.69, 9.17) is 5.73 Å². The van der Waals surface area contributed by atoms with Crippen LogP contribution in [-0.2, 0) is 4.79 Å². The molecule has 0 aromatic heterocycles. The molecule has 5 aliphatic rings. The Morgan fingerprint density at radius 3 is 2.37 bits per heavy atom. The van der Waals surface area contributed by atoms with Crippen LogP contribution in [0.1, 0.15) is 55.3 Å². The molecule has 1 saturated heterocycles. The Morgan fingerprint density at radius 2 is 1.60 bits per heavy atom. The lowest BCUT2D eigenvalue weighted by Gasteiger charge is -2.48. The van der Waals surface area contributed by atoms with Crippen molar-refractivity contribution in [2.24, 2.45) is 29.4 Å². The maximum absolute atomic E-state index is 13.9. The molecule has 2 aliphatic heterocycles. The minimum Gasteiger partial charge on any atom is -0.378 e. The molecule has 1 amide bonds. The zero-order chi connectivity index (χ0) is 20.2. The van der Waals surface area contributed by atoms with Crippen molar-refractivity contribution >= 4 is 11.6 Å². The van der Waals surface area contributed by atoms with E-state index in [-0.39, 0.29) is 24.0 Å². The highest BCUT2D eigenvalue weighted by molar-refractivity contribution is 5.82. The van der Waals surface area contributed by atoms with Gasteiger partial charge in [-0.3, -0.25) is 4.79 Å². The Balaban J connectivity index is 1.37. The molecule has 2 bridgehead atoms. The molecule has 2 aromatic carbocycles. The van der Waals surface area contributed by atoms with Crippen LogP contribution in [0, 0.1) is 23.7 Å². The molecule has 2 heterocycles. The lowest BCUT2D eigenvalue weighted by atomic mass is 9.61. The van der Waals surface area contributed by atoms with Crippen LogP contribution < -0.4 is 11.1 Å². The van der Waals surface area contributed by atoms with Gasteiger partial charge in [0.15, 0.2) is 0 Å². The summed E-state index contributed by atoms with van der Waals surface area (Å²) < 4.78 is 0. The standard InChI is InChI=1S/C26H31N3O/c27-23-17-12-10-16(11-13-17)22(23)26(30)29-15-14-20-24(18-6-2-1-3-7-18)28-21-9-5-4-8-19(21)25(20)29/h1-9,16-17,20,22-25,28H,10-15,27H2/t16?,17?,20-,22+,23-,24+,25+/m1/s1. The van der Waals surface area contributed by atoms with E-state index in [0.29, 0.717) is 23.7 Å². The van der Waals surface area contributed by atoms with Crippen LogP contribution in [0.15, 0.2) is 54.6 Å². The summed E-state index contributed by atoms with van der Waals surface area (Å²) in [5.74, 6) is 1.77. The van der Waals surface area contributed by atoms with Crippen molar-refractivity contribution in [3.63, 3.8) is 0 Å². The van der Waals surface area contributed by atoms with E-state index in [0.717, 1.165) is 13.0 Å². The number of nitrogens with zero attached hydrogens (tertiary/aromatic N) is 1. The average Bonchev–Trinajstić information content (AvgIpc) is 3.25. The lowest BCUT2D eigenvalue weighted by molar-refractivity contribution is -0.143. The van der Waals surface area contributed by atoms with Crippen LogP contribution >= 0.6 is 0 Å². The van der Waals surface area contributed by atoms with Crippen LogP contribution in [0.2, 0.25) is 0 Å². The van der Waals surface area contributed by atoms with Gasteiger partial charge in [-0.15, -0.1) is 0 Å². The molecular weight excluding hydrogens is 370 g/mol. The van der Waals surface area contributed by atoms with Gasteiger partial charge in [0.2, 0.25) is 5.91 Å². The fourth-order valence-corrected chi connectivity index (χ4v) is 7.02. The first-order chi connectivity index (χ1) is 14.7. The second kappa shape index (κ2) is 7.12. The van der Waals surface area contributed by atoms with E-state index in [1.165, 1.54) is 42.5 Å². The van der Waals surface area contributed by atoms with Crippen molar-refractivity contribution in [2.45, 2.75) is 50.2 Å². The van der Waals surface area contributed by atoms with E-state index < -0.39 is 0 Å². The number of nitrogens with two attached hydrogens (primary N) is 1. The third-order valence-electron chi connectivity index (χ3n) is 8.47. The van der Waals surface area contributed by atoms with Crippen LogP contribution in [0.3, 0.4) is 0 Å². The zero-order valence-electron chi connectivity index (χ0n) is 17.4. The highest BCUT2D eigenvalue weighted by atomic mass is 16.2. The number of anilines is 1. The molecule has 2 aromatic rings. The number of hydrogen-bond donors (Lipinski definition) is 2. The monoisotopic (exact) mass is 401 g/mol. The van der Waals surface area contributed by atoms with Crippen LogP contribution in [-0.4, -0.2) is 23.4 Å². The van der Waals surface area contributed by atoms with Crippen molar-refractivity contribution < 1.29 is 4.79 Å². The quantitative estimate of drug-likeness (QED) is 0.779. The van der Waals surface area contributed by atoms with Gasteiger partial charge in [0.25, 0.3) is 0 Å². The van der Waals surface area contributed by atoms with E-state index >= 15 is 0 Å². The summed E-state index contributed by atoms with van der Waals surface area (Å²) in [4.78, 5) is 16.1. The predicted molar refractivity (Wildman–Crippen MR) is 119 cm³/mol. The van der Waals surface area contributed by atoms with Gasteiger partial charge in [0, 0.05) is 24.2 Å². The van der Waals surface area contributed by atoms with Crippen LogP contribution in [0.5, 0.6) is 0 Å². The molecule has 7 rings (SSSR count). The molecule has 156 valence electrons. The molecule has 0 radical (unpaired) electrons.